The Bertz CT molecular complexity index is 1180. The van der Waals surface area contributed by atoms with E-state index < -0.39 is 6.10 Å². The zero-order chi connectivity index (χ0) is 25.6. The number of fused-ring (bicyclic) bond motifs is 1. The van der Waals surface area contributed by atoms with Gasteiger partial charge in [0.05, 0.1) is 6.61 Å². The van der Waals surface area contributed by atoms with Crippen molar-refractivity contribution in [2.45, 2.75) is 33.0 Å². The van der Waals surface area contributed by atoms with Crippen molar-refractivity contribution in [3.63, 3.8) is 0 Å². The Morgan fingerprint density at radius 3 is 2.35 bits per heavy atom. The molecular weight excluding hydrogens is 464 g/mol. The SMILES string of the molecule is CC(C)CN(Cc1ccc2c(c1)OCCO2)C(=O)C1CN(Cc2ccc(-c3ccccc3)cc2)CCO1. The number of carbonyl (C=O) groups excluding carboxylic acids is 1. The first-order chi connectivity index (χ1) is 18.0. The zero-order valence-electron chi connectivity index (χ0n) is 21.8. The Labute approximate surface area is 219 Å². The molecule has 0 spiro atoms. The van der Waals surface area contributed by atoms with Gasteiger partial charge in [0.15, 0.2) is 11.5 Å². The molecule has 0 bridgehead atoms. The monoisotopic (exact) mass is 500 g/mol. The quantitative estimate of drug-likeness (QED) is 0.435. The number of hydrogen-bond acceptors (Lipinski definition) is 5. The van der Waals surface area contributed by atoms with E-state index in [9.17, 15) is 4.79 Å². The second-order valence-corrected chi connectivity index (χ2v) is 10.2. The van der Waals surface area contributed by atoms with Gasteiger partial charge < -0.3 is 19.1 Å². The minimum absolute atomic E-state index is 0.0488. The molecule has 0 saturated carbocycles. The Morgan fingerprint density at radius 1 is 0.892 bits per heavy atom. The number of hydrogen-bond donors (Lipinski definition) is 0. The summed E-state index contributed by atoms with van der Waals surface area (Å²) in [5.41, 5.74) is 4.70. The van der Waals surface area contributed by atoms with Gasteiger partial charge in [-0.1, -0.05) is 74.5 Å². The van der Waals surface area contributed by atoms with Crippen molar-refractivity contribution in [2.75, 3.05) is 39.5 Å². The van der Waals surface area contributed by atoms with Gasteiger partial charge in [0, 0.05) is 32.7 Å². The van der Waals surface area contributed by atoms with Crippen molar-refractivity contribution >= 4 is 5.91 Å². The molecule has 0 aliphatic carbocycles. The zero-order valence-corrected chi connectivity index (χ0v) is 21.8. The molecule has 0 aromatic heterocycles. The maximum absolute atomic E-state index is 13.6. The van der Waals surface area contributed by atoms with Crippen molar-refractivity contribution in [2.24, 2.45) is 5.92 Å². The van der Waals surface area contributed by atoms with Crippen LogP contribution in [0.1, 0.15) is 25.0 Å². The highest BCUT2D eigenvalue weighted by atomic mass is 16.6. The van der Waals surface area contributed by atoms with Crippen molar-refractivity contribution in [3.8, 4) is 22.6 Å². The number of nitrogens with zero attached hydrogens (tertiary/aromatic N) is 2. The molecule has 1 unspecified atom stereocenters. The fourth-order valence-electron chi connectivity index (χ4n) is 4.97. The number of amides is 1. The first kappa shape index (κ1) is 25.3. The van der Waals surface area contributed by atoms with Crippen molar-refractivity contribution in [3.05, 3.63) is 83.9 Å². The average Bonchev–Trinajstić information content (AvgIpc) is 2.93. The topological polar surface area (TPSA) is 51.2 Å². The molecule has 3 aromatic carbocycles. The maximum Gasteiger partial charge on any atom is 0.253 e. The van der Waals surface area contributed by atoms with Gasteiger partial charge in [-0.3, -0.25) is 9.69 Å². The molecule has 2 heterocycles. The van der Waals surface area contributed by atoms with Gasteiger partial charge in [-0.2, -0.15) is 0 Å². The minimum Gasteiger partial charge on any atom is -0.486 e. The number of carbonyl (C=O) groups is 1. The van der Waals surface area contributed by atoms with Crippen LogP contribution in [0.3, 0.4) is 0 Å². The van der Waals surface area contributed by atoms with Gasteiger partial charge in [0.25, 0.3) is 5.91 Å². The summed E-state index contributed by atoms with van der Waals surface area (Å²) >= 11 is 0. The van der Waals surface area contributed by atoms with Gasteiger partial charge in [-0.25, -0.2) is 0 Å². The minimum atomic E-state index is -0.465. The molecule has 2 aliphatic rings. The van der Waals surface area contributed by atoms with E-state index in [2.05, 4.69) is 67.3 Å². The van der Waals surface area contributed by atoms with Crippen LogP contribution in [0, 0.1) is 5.92 Å². The lowest BCUT2D eigenvalue weighted by Crippen LogP contribution is -2.51. The molecule has 1 atom stereocenters. The number of benzene rings is 3. The van der Waals surface area contributed by atoms with Crippen LogP contribution < -0.4 is 9.47 Å². The van der Waals surface area contributed by atoms with Crippen LogP contribution in [0.4, 0.5) is 0 Å². The number of ether oxygens (including phenoxy) is 3. The van der Waals surface area contributed by atoms with Crippen molar-refractivity contribution in [1.82, 2.24) is 9.80 Å². The molecule has 194 valence electrons. The van der Waals surface area contributed by atoms with Gasteiger partial charge >= 0.3 is 0 Å². The van der Waals surface area contributed by atoms with E-state index >= 15 is 0 Å². The molecular formula is C31H36N2O4. The fraction of sp³-hybridized carbons (Fsp3) is 0.387. The third kappa shape index (κ3) is 6.51. The lowest BCUT2D eigenvalue weighted by atomic mass is 10.0. The lowest BCUT2D eigenvalue weighted by Gasteiger charge is -2.35. The largest absolute Gasteiger partial charge is 0.486 e. The predicted octanol–water partition coefficient (Wildman–Crippen LogP) is 5.01. The van der Waals surface area contributed by atoms with Gasteiger partial charge in [0.1, 0.15) is 19.3 Å². The maximum atomic E-state index is 13.6. The molecule has 2 aliphatic heterocycles. The number of morpholine rings is 1. The Balaban J connectivity index is 1.23. The van der Waals surface area contributed by atoms with E-state index in [-0.39, 0.29) is 5.91 Å². The average molecular weight is 501 g/mol. The first-order valence-electron chi connectivity index (χ1n) is 13.2. The van der Waals surface area contributed by atoms with E-state index in [1.807, 2.05) is 29.2 Å². The predicted molar refractivity (Wildman–Crippen MR) is 145 cm³/mol. The summed E-state index contributed by atoms with van der Waals surface area (Å²) in [6.45, 7) is 9.35. The van der Waals surface area contributed by atoms with E-state index in [1.165, 1.54) is 16.7 Å². The second kappa shape index (κ2) is 11.8. The highest BCUT2D eigenvalue weighted by Gasteiger charge is 2.31. The van der Waals surface area contributed by atoms with Crippen molar-refractivity contribution in [1.29, 1.82) is 0 Å². The molecule has 0 N–H and O–H groups in total. The summed E-state index contributed by atoms with van der Waals surface area (Å²) in [5, 5.41) is 0. The molecule has 6 heteroatoms. The van der Waals surface area contributed by atoms with Crippen LogP contribution in [-0.4, -0.2) is 61.3 Å². The summed E-state index contributed by atoms with van der Waals surface area (Å²) in [4.78, 5) is 17.9. The molecule has 5 rings (SSSR count). The van der Waals surface area contributed by atoms with Gasteiger partial charge in [-0.15, -0.1) is 0 Å². The van der Waals surface area contributed by atoms with Crippen molar-refractivity contribution < 1.29 is 19.0 Å². The smallest absolute Gasteiger partial charge is 0.253 e. The molecule has 1 saturated heterocycles. The fourth-order valence-corrected chi connectivity index (χ4v) is 4.97. The van der Waals surface area contributed by atoms with Crippen LogP contribution in [0.15, 0.2) is 72.8 Å². The van der Waals surface area contributed by atoms with Gasteiger partial charge in [-0.05, 0) is 40.3 Å². The summed E-state index contributed by atoms with van der Waals surface area (Å²) in [6.07, 6.45) is -0.465. The second-order valence-electron chi connectivity index (χ2n) is 10.2. The molecule has 1 fully saturated rings. The van der Waals surface area contributed by atoms with E-state index in [0.717, 1.165) is 30.2 Å². The highest BCUT2D eigenvalue weighted by molar-refractivity contribution is 5.81. The lowest BCUT2D eigenvalue weighted by molar-refractivity contribution is -0.151. The normalized spacial score (nSPS) is 17.5. The van der Waals surface area contributed by atoms with Gasteiger partial charge in [0.2, 0.25) is 0 Å². The highest BCUT2D eigenvalue weighted by Crippen LogP contribution is 2.31. The molecule has 0 radical (unpaired) electrons. The third-order valence-corrected chi connectivity index (χ3v) is 6.77. The molecule has 1 amide bonds. The summed E-state index contributed by atoms with van der Waals surface area (Å²) in [7, 11) is 0. The number of rotatable bonds is 8. The summed E-state index contributed by atoms with van der Waals surface area (Å²) in [6, 6.07) is 25.1. The molecule has 37 heavy (non-hydrogen) atoms. The Hall–Kier alpha value is -3.35. The molecule has 6 nitrogen and oxygen atoms in total. The van der Waals surface area contributed by atoms with E-state index in [4.69, 9.17) is 14.2 Å². The first-order valence-corrected chi connectivity index (χ1v) is 13.2. The van der Waals surface area contributed by atoms with Crippen LogP contribution in [0.25, 0.3) is 11.1 Å². The van der Waals surface area contributed by atoms with Crippen LogP contribution in [0.5, 0.6) is 11.5 Å². The Kier molecular flexibility index (Phi) is 8.07. The summed E-state index contributed by atoms with van der Waals surface area (Å²) < 4.78 is 17.4. The molecule has 3 aromatic rings. The van der Waals surface area contributed by atoms with E-state index in [0.29, 0.717) is 45.4 Å². The van der Waals surface area contributed by atoms with Crippen LogP contribution in [-0.2, 0) is 22.6 Å². The summed E-state index contributed by atoms with van der Waals surface area (Å²) in [5.74, 6) is 1.91. The van der Waals surface area contributed by atoms with E-state index in [1.54, 1.807) is 0 Å². The standard InChI is InChI=1S/C31H36N2O4/c1-23(2)19-33(21-25-10-13-28-29(18-25)37-17-16-36-28)31(34)30-22-32(14-15-35-30)20-24-8-11-27(12-9-24)26-6-4-3-5-7-26/h3-13,18,23,30H,14-17,19-22H2,1-2H3. The Morgan fingerprint density at radius 2 is 1.59 bits per heavy atom. The third-order valence-electron chi connectivity index (χ3n) is 6.77. The van der Waals surface area contributed by atoms with Crippen LogP contribution >= 0.6 is 0 Å². The van der Waals surface area contributed by atoms with Crippen LogP contribution in [0.2, 0.25) is 0 Å².